The monoisotopic (exact) mass is 292 g/mol. The van der Waals surface area contributed by atoms with Crippen LogP contribution in [-0.4, -0.2) is 53.3 Å². The van der Waals surface area contributed by atoms with Gasteiger partial charge in [0.25, 0.3) is 0 Å². The predicted molar refractivity (Wildman–Crippen MR) is 82.9 cm³/mol. The zero-order chi connectivity index (χ0) is 13.9. The molecule has 3 N–H and O–H groups in total. The van der Waals surface area contributed by atoms with Gasteiger partial charge in [0.1, 0.15) is 4.99 Å². The highest BCUT2D eigenvalue weighted by atomic mass is 32.1. The molecule has 0 bridgehead atoms. The fraction of sp³-hybridized carbons (Fsp3) is 0.571. The molecule has 2 aliphatic heterocycles. The summed E-state index contributed by atoms with van der Waals surface area (Å²) >= 11 is 4.94. The van der Waals surface area contributed by atoms with E-state index in [0.717, 1.165) is 25.4 Å². The lowest BCUT2D eigenvalue weighted by molar-refractivity contribution is -0.0415. The zero-order valence-electron chi connectivity index (χ0n) is 11.4. The van der Waals surface area contributed by atoms with Crippen LogP contribution in [0.2, 0.25) is 0 Å². The van der Waals surface area contributed by atoms with Crippen LogP contribution < -0.4 is 11.1 Å². The third-order valence-electron chi connectivity index (χ3n) is 4.01. The molecule has 1 aromatic heterocycles. The third-order valence-corrected chi connectivity index (χ3v) is 4.22. The van der Waals surface area contributed by atoms with Gasteiger partial charge in [0, 0.05) is 31.0 Å². The molecule has 2 saturated heterocycles. The van der Waals surface area contributed by atoms with Crippen LogP contribution in [0, 0.1) is 0 Å². The molecule has 1 aromatic rings. The van der Waals surface area contributed by atoms with Gasteiger partial charge < -0.3 is 15.8 Å². The van der Waals surface area contributed by atoms with Gasteiger partial charge in [0.15, 0.2) is 0 Å². The van der Waals surface area contributed by atoms with Crippen LogP contribution in [-0.2, 0) is 4.74 Å². The highest BCUT2D eigenvalue weighted by Gasteiger charge is 2.31. The first kappa shape index (κ1) is 13.7. The van der Waals surface area contributed by atoms with Crippen LogP contribution in [0.3, 0.4) is 0 Å². The number of morpholine rings is 1. The summed E-state index contributed by atoms with van der Waals surface area (Å²) in [6.45, 7) is 3.89. The molecule has 2 unspecified atom stereocenters. The van der Waals surface area contributed by atoms with Gasteiger partial charge in [0.2, 0.25) is 0 Å². The standard InChI is InChI=1S/C14H20N4OS/c15-14(20)13-6-10(3-4-16-13)17-7-12-8-18-5-1-2-11(18)9-19-12/h3-4,6,11-12H,1-2,5,7-9H2,(H2,15,20)(H,16,17). The van der Waals surface area contributed by atoms with Crippen molar-refractivity contribution < 1.29 is 4.74 Å². The maximum Gasteiger partial charge on any atom is 0.122 e. The number of aromatic nitrogens is 1. The fourth-order valence-electron chi connectivity index (χ4n) is 2.92. The maximum atomic E-state index is 5.92. The minimum atomic E-state index is 0.241. The maximum absolute atomic E-state index is 5.92. The second kappa shape index (κ2) is 6.03. The summed E-state index contributed by atoms with van der Waals surface area (Å²) in [4.78, 5) is 7.00. The van der Waals surface area contributed by atoms with Crippen molar-refractivity contribution in [3.05, 3.63) is 24.0 Å². The molecular weight excluding hydrogens is 272 g/mol. The average molecular weight is 292 g/mol. The van der Waals surface area contributed by atoms with E-state index in [4.69, 9.17) is 22.7 Å². The second-order valence-corrected chi connectivity index (χ2v) is 5.86. The van der Waals surface area contributed by atoms with E-state index in [1.807, 2.05) is 12.1 Å². The van der Waals surface area contributed by atoms with Gasteiger partial charge in [-0.3, -0.25) is 9.88 Å². The van der Waals surface area contributed by atoms with Crippen LogP contribution in [0.25, 0.3) is 0 Å². The van der Waals surface area contributed by atoms with Crippen LogP contribution in [0.5, 0.6) is 0 Å². The van der Waals surface area contributed by atoms with Gasteiger partial charge in [-0.05, 0) is 31.5 Å². The number of hydrogen-bond donors (Lipinski definition) is 2. The van der Waals surface area contributed by atoms with Crippen LogP contribution in [0.4, 0.5) is 5.69 Å². The molecule has 5 nitrogen and oxygen atoms in total. The summed E-state index contributed by atoms with van der Waals surface area (Å²) in [6, 6.07) is 4.45. The Morgan fingerprint density at radius 2 is 2.50 bits per heavy atom. The third kappa shape index (κ3) is 3.08. The fourth-order valence-corrected chi connectivity index (χ4v) is 3.03. The van der Waals surface area contributed by atoms with E-state index in [0.29, 0.717) is 16.7 Å². The number of nitrogens with one attached hydrogen (secondary N) is 1. The summed E-state index contributed by atoms with van der Waals surface area (Å²) in [7, 11) is 0. The number of rotatable bonds is 4. The first-order chi connectivity index (χ1) is 9.72. The molecule has 2 fully saturated rings. The van der Waals surface area contributed by atoms with Crippen molar-refractivity contribution in [2.45, 2.75) is 25.0 Å². The molecule has 6 heteroatoms. The lowest BCUT2D eigenvalue weighted by Gasteiger charge is -2.35. The number of thiocarbonyl (C=S) groups is 1. The van der Waals surface area contributed by atoms with E-state index >= 15 is 0 Å². The lowest BCUT2D eigenvalue weighted by Crippen LogP contribution is -2.48. The number of fused-ring (bicyclic) bond motifs is 1. The van der Waals surface area contributed by atoms with E-state index in [2.05, 4.69) is 15.2 Å². The largest absolute Gasteiger partial charge is 0.388 e. The van der Waals surface area contributed by atoms with Crippen molar-refractivity contribution in [1.82, 2.24) is 9.88 Å². The van der Waals surface area contributed by atoms with Crippen molar-refractivity contribution in [3.8, 4) is 0 Å². The zero-order valence-corrected chi connectivity index (χ0v) is 12.2. The first-order valence-corrected chi connectivity index (χ1v) is 7.48. The Labute approximate surface area is 124 Å². The molecule has 0 radical (unpaired) electrons. The van der Waals surface area contributed by atoms with Gasteiger partial charge in [-0.2, -0.15) is 0 Å². The molecule has 0 saturated carbocycles. The molecule has 3 rings (SSSR count). The number of pyridine rings is 1. The van der Waals surface area contributed by atoms with E-state index < -0.39 is 0 Å². The van der Waals surface area contributed by atoms with Gasteiger partial charge in [0.05, 0.1) is 18.4 Å². The number of hydrogen-bond acceptors (Lipinski definition) is 5. The normalized spacial score (nSPS) is 26.2. The summed E-state index contributed by atoms with van der Waals surface area (Å²) in [5.41, 5.74) is 7.22. The molecule has 0 amide bonds. The van der Waals surface area contributed by atoms with Crippen molar-refractivity contribution in [2.24, 2.45) is 5.73 Å². The minimum absolute atomic E-state index is 0.241. The summed E-state index contributed by atoms with van der Waals surface area (Å²) in [5.74, 6) is 0. The number of anilines is 1. The molecule has 0 spiro atoms. The van der Waals surface area contributed by atoms with Crippen molar-refractivity contribution in [1.29, 1.82) is 0 Å². The number of ether oxygens (including phenoxy) is 1. The molecular formula is C14H20N4OS. The topological polar surface area (TPSA) is 63.4 Å². The van der Waals surface area contributed by atoms with Crippen LogP contribution in [0.15, 0.2) is 18.3 Å². The quantitative estimate of drug-likeness (QED) is 0.807. The summed E-state index contributed by atoms with van der Waals surface area (Å²) in [6.07, 6.45) is 4.54. The number of nitrogens with two attached hydrogens (primary N) is 1. The summed E-state index contributed by atoms with van der Waals surface area (Å²) < 4.78 is 5.92. The Hall–Kier alpha value is -1.24. The van der Waals surface area contributed by atoms with E-state index in [1.165, 1.54) is 19.4 Å². The van der Waals surface area contributed by atoms with E-state index in [-0.39, 0.29) is 6.10 Å². The highest BCUT2D eigenvalue weighted by Crippen LogP contribution is 2.22. The molecule has 2 atom stereocenters. The van der Waals surface area contributed by atoms with Crippen LogP contribution >= 0.6 is 12.2 Å². The average Bonchev–Trinajstić information content (AvgIpc) is 2.93. The van der Waals surface area contributed by atoms with E-state index in [9.17, 15) is 0 Å². The van der Waals surface area contributed by atoms with Crippen LogP contribution in [0.1, 0.15) is 18.5 Å². The van der Waals surface area contributed by atoms with Gasteiger partial charge >= 0.3 is 0 Å². The molecule has 0 aliphatic carbocycles. The lowest BCUT2D eigenvalue weighted by atomic mass is 10.2. The minimum Gasteiger partial charge on any atom is -0.388 e. The first-order valence-electron chi connectivity index (χ1n) is 7.08. The molecule has 3 heterocycles. The Bertz CT molecular complexity index is 496. The molecule has 0 aromatic carbocycles. The Morgan fingerprint density at radius 1 is 1.60 bits per heavy atom. The van der Waals surface area contributed by atoms with Crippen molar-refractivity contribution in [2.75, 3.05) is 31.6 Å². The smallest absolute Gasteiger partial charge is 0.122 e. The van der Waals surface area contributed by atoms with Gasteiger partial charge in [-0.25, -0.2) is 0 Å². The second-order valence-electron chi connectivity index (χ2n) is 5.42. The van der Waals surface area contributed by atoms with Crippen molar-refractivity contribution in [3.63, 3.8) is 0 Å². The summed E-state index contributed by atoms with van der Waals surface area (Å²) in [5, 5.41) is 3.38. The molecule has 108 valence electrons. The Kier molecular flexibility index (Phi) is 4.14. The van der Waals surface area contributed by atoms with Gasteiger partial charge in [-0.15, -0.1) is 0 Å². The van der Waals surface area contributed by atoms with E-state index in [1.54, 1.807) is 6.20 Å². The molecule has 2 aliphatic rings. The van der Waals surface area contributed by atoms with Crippen molar-refractivity contribution >= 4 is 22.9 Å². The Morgan fingerprint density at radius 3 is 3.35 bits per heavy atom. The Balaban J connectivity index is 1.54. The van der Waals surface area contributed by atoms with Gasteiger partial charge in [-0.1, -0.05) is 12.2 Å². The number of nitrogens with zero attached hydrogens (tertiary/aromatic N) is 2. The molecule has 20 heavy (non-hydrogen) atoms. The SMILES string of the molecule is NC(=S)c1cc(NCC2CN3CCCC3CO2)ccn1. The predicted octanol–water partition coefficient (Wildman–Crippen LogP) is 0.991. The highest BCUT2D eigenvalue weighted by molar-refractivity contribution is 7.80.